The molecule has 0 bridgehead atoms. The van der Waals surface area contributed by atoms with E-state index in [1.54, 1.807) is 4.90 Å². The number of hydrogen-bond donors (Lipinski definition) is 2. The smallest absolute Gasteiger partial charge is 0.317 e. The summed E-state index contributed by atoms with van der Waals surface area (Å²) < 4.78 is 5.65. The van der Waals surface area contributed by atoms with Crippen LogP contribution in [0.5, 0.6) is 0 Å². The van der Waals surface area contributed by atoms with E-state index in [9.17, 15) is 9.59 Å². The Morgan fingerprint density at radius 1 is 1.29 bits per heavy atom. The van der Waals surface area contributed by atoms with E-state index in [2.05, 4.69) is 5.32 Å². The van der Waals surface area contributed by atoms with E-state index in [-0.39, 0.29) is 24.2 Å². The van der Waals surface area contributed by atoms with E-state index in [4.69, 9.17) is 9.84 Å². The van der Waals surface area contributed by atoms with Crippen LogP contribution in [0.25, 0.3) is 0 Å². The molecule has 7 heteroatoms. The van der Waals surface area contributed by atoms with Gasteiger partial charge in [-0.3, -0.25) is 9.69 Å². The van der Waals surface area contributed by atoms with Crippen molar-refractivity contribution < 1.29 is 19.4 Å². The van der Waals surface area contributed by atoms with Crippen LogP contribution < -0.4 is 5.32 Å². The fourth-order valence-corrected chi connectivity index (χ4v) is 2.92. The van der Waals surface area contributed by atoms with Gasteiger partial charge in [0.25, 0.3) is 0 Å². The molecule has 7 nitrogen and oxygen atoms in total. The molecular weight excluding hydrogens is 274 g/mol. The molecule has 0 radical (unpaired) electrons. The zero-order valence-corrected chi connectivity index (χ0v) is 12.8. The van der Waals surface area contributed by atoms with Crippen LogP contribution in [0.1, 0.15) is 26.7 Å². The second-order valence-electron chi connectivity index (χ2n) is 6.40. The fraction of sp³-hybridized carbons (Fsp3) is 0.857. The molecule has 2 saturated heterocycles. The number of nitrogens with zero attached hydrogens (tertiary/aromatic N) is 2. The highest BCUT2D eigenvalue weighted by atomic mass is 16.5. The molecule has 2 heterocycles. The number of hydrogen-bond acceptors (Lipinski definition) is 4. The van der Waals surface area contributed by atoms with Gasteiger partial charge in [0, 0.05) is 38.8 Å². The average Bonchev–Trinajstić information content (AvgIpc) is 2.37. The van der Waals surface area contributed by atoms with Crippen LogP contribution in [0.3, 0.4) is 0 Å². The van der Waals surface area contributed by atoms with Crippen molar-refractivity contribution in [2.45, 2.75) is 38.3 Å². The van der Waals surface area contributed by atoms with Crippen LogP contribution in [-0.2, 0) is 9.53 Å². The van der Waals surface area contributed by atoms with Gasteiger partial charge in [-0.1, -0.05) is 0 Å². The highest BCUT2D eigenvalue weighted by Crippen LogP contribution is 2.24. The Kier molecular flexibility index (Phi) is 5.05. The number of aliphatic carboxylic acids is 1. The van der Waals surface area contributed by atoms with Crippen LogP contribution >= 0.6 is 0 Å². The summed E-state index contributed by atoms with van der Waals surface area (Å²) in [7, 11) is 0. The highest BCUT2D eigenvalue weighted by Gasteiger charge is 2.31. The van der Waals surface area contributed by atoms with Crippen LogP contribution in [0, 0.1) is 0 Å². The molecule has 1 atom stereocenters. The maximum Gasteiger partial charge on any atom is 0.317 e. The van der Waals surface area contributed by atoms with Crippen molar-refractivity contribution in [2.24, 2.45) is 0 Å². The van der Waals surface area contributed by atoms with Gasteiger partial charge in [-0.05, 0) is 26.7 Å². The van der Waals surface area contributed by atoms with Gasteiger partial charge in [-0.15, -0.1) is 0 Å². The van der Waals surface area contributed by atoms with Crippen molar-refractivity contribution in [1.29, 1.82) is 0 Å². The first-order chi connectivity index (χ1) is 9.85. The van der Waals surface area contributed by atoms with E-state index in [1.165, 1.54) is 0 Å². The third-order valence-corrected chi connectivity index (χ3v) is 4.04. The number of nitrogens with one attached hydrogen (secondary N) is 1. The molecular formula is C14H25N3O4. The number of urea groups is 1. The Hall–Kier alpha value is -1.34. The molecule has 2 aliphatic rings. The first kappa shape index (κ1) is 16.0. The first-order valence-corrected chi connectivity index (χ1v) is 7.49. The zero-order valence-electron chi connectivity index (χ0n) is 12.8. The van der Waals surface area contributed by atoms with E-state index in [0.717, 1.165) is 12.8 Å². The van der Waals surface area contributed by atoms with E-state index < -0.39 is 5.97 Å². The molecule has 2 rings (SSSR count). The summed E-state index contributed by atoms with van der Waals surface area (Å²) in [5.41, 5.74) is -0.184. The second-order valence-corrected chi connectivity index (χ2v) is 6.40. The lowest BCUT2D eigenvalue weighted by molar-refractivity contribution is -0.138. The van der Waals surface area contributed by atoms with Gasteiger partial charge < -0.3 is 20.1 Å². The van der Waals surface area contributed by atoms with Crippen molar-refractivity contribution in [1.82, 2.24) is 15.1 Å². The number of rotatable bonds is 3. The maximum absolute atomic E-state index is 12.2. The largest absolute Gasteiger partial charge is 0.480 e. The molecule has 0 aliphatic carbocycles. The number of carbonyl (C=O) groups is 2. The summed E-state index contributed by atoms with van der Waals surface area (Å²) in [6, 6.07) is 0.103. The molecule has 2 aliphatic heterocycles. The summed E-state index contributed by atoms with van der Waals surface area (Å²) in [5, 5.41) is 11.8. The molecule has 0 saturated carbocycles. The number of piperazine rings is 1. The lowest BCUT2D eigenvalue weighted by atomic mass is 9.94. The number of amides is 2. The van der Waals surface area contributed by atoms with Crippen LogP contribution in [0.15, 0.2) is 0 Å². The Labute approximate surface area is 125 Å². The Morgan fingerprint density at radius 3 is 2.52 bits per heavy atom. The third-order valence-electron chi connectivity index (χ3n) is 4.04. The predicted molar refractivity (Wildman–Crippen MR) is 77.2 cm³/mol. The van der Waals surface area contributed by atoms with Crippen molar-refractivity contribution in [2.75, 3.05) is 39.3 Å². The summed E-state index contributed by atoms with van der Waals surface area (Å²) >= 11 is 0. The quantitative estimate of drug-likeness (QED) is 0.786. The van der Waals surface area contributed by atoms with Crippen LogP contribution in [0.4, 0.5) is 4.79 Å². The molecule has 0 spiro atoms. The summed E-state index contributed by atoms with van der Waals surface area (Å²) in [5.74, 6) is -0.822. The summed E-state index contributed by atoms with van der Waals surface area (Å²) in [6.07, 6.45) is 1.66. The van der Waals surface area contributed by atoms with Gasteiger partial charge in [-0.25, -0.2) is 4.79 Å². The molecule has 2 N–H and O–H groups in total. The molecule has 0 aromatic rings. The van der Waals surface area contributed by atoms with Crippen LogP contribution in [-0.4, -0.2) is 77.9 Å². The highest BCUT2D eigenvalue weighted by molar-refractivity contribution is 5.74. The average molecular weight is 299 g/mol. The second kappa shape index (κ2) is 6.62. The minimum atomic E-state index is -0.822. The molecule has 2 amide bonds. The standard InChI is InChI=1S/C14H25N3O4/c1-14(2)9-11(3-8-21-14)15-13(20)17-6-4-16(5-7-17)10-12(18)19/h11H,3-10H2,1-2H3,(H,15,20)(H,18,19). The number of carboxylic acids is 1. The number of carbonyl (C=O) groups excluding carboxylic acids is 1. The van der Waals surface area contributed by atoms with Gasteiger partial charge in [0.05, 0.1) is 12.1 Å². The third kappa shape index (κ3) is 4.86. The monoisotopic (exact) mass is 299 g/mol. The van der Waals surface area contributed by atoms with Crippen LogP contribution in [0.2, 0.25) is 0 Å². The fourth-order valence-electron chi connectivity index (χ4n) is 2.92. The van der Waals surface area contributed by atoms with Gasteiger partial charge in [0.15, 0.2) is 0 Å². The van der Waals surface area contributed by atoms with E-state index in [0.29, 0.717) is 32.8 Å². The van der Waals surface area contributed by atoms with Gasteiger partial charge in [0.2, 0.25) is 0 Å². The minimum Gasteiger partial charge on any atom is -0.480 e. The predicted octanol–water partition coefficient (Wildman–Crippen LogP) is 0.356. The van der Waals surface area contributed by atoms with Gasteiger partial charge in [0.1, 0.15) is 0 Å². The minimum absolute atomic E-state index is 0.0453. The Balaban J connectivity index is 1.76. The molecule has 0 aromatic heterocycles. The first-order valence-electron chi connectivity index (χ1n) is 7.49. The van der Waals surface area contributed by atoms with E-state index >= 15 is 0 Å². The topological polar surface area (TPSA) is 82.1 Å². The lowest BCUT2D eigenvalue weighted by Gasteiger charge is -2.38. The normalized spacial score (nSPS) is 26.4. The number of carboxylic acid groups (broad SMARTS) is 1. The summed E-state index contributed by atoms with van der Waals surface area (Å²) in [6.45, 7) is 7.16. The van der Waals surface area contributed by atoms with E-state index in [1.807, 2.05) is 18.7 Å². The lowest BCUT2D eigenvalue weighted by Crippen LogP contribution is -2.55. The molecule has 120 valence electrons. The molecule has 0 aromatic carbocycles. The Bertz CT molecular complexity index is 392. The van der Waals surface area contributed by atoms with Gasteiger partial charge in [-0.2, -0.15) is 0 Å². The van der Waals surface area contributed by atoms with Gasteiger partial charge >= 0.3 is 12.0 Å². The van der Waals surface area contributed by atoms with Crippen molar-refractivity contribution in [3.8, 4) is 0 Å². The number of ether oxygens (including phenoxy) is 1. The molecule has 21 heavy (non-hydrogen) atoms. The zero-order chi connectivity index (χ0) is 15.5. The van der Waals surface area contributed by atoms with Crippen molar-refractivity contribution in [3.63, 3.8) is 0 Å². The maximum atomic E-state index is 12.2. The molecule has 1 unspecified atom stereocenters. The van der Waals surface area contributed by atoms with Crippen molar-refractivity contribution >= 4 is 12.0 Å². The van der Waals surface area contributed by atoms with Crippen molar-refractivity contribution in [3.05, 3.63) is 0 Å². The summed E-state index contributed by atoms with van der Waals surface area (Å²) in [4.78, 5) is 26.5. The Morgan fingerprint density at radius 2 is 1.95 bits per heavy atom. The molecule has 2 fully saturated rings. The SMILES string of the molecule is CC1(C)CC(NC(=O)N2CCN(CC(=O)O)CC2)CCO1.